The van der Waals surface area contributed by atoms with E-state index >= 15 is 0 Å². The van der Waals surface area contributed by atoms with Crippen LogP contribution in [0.25, 0.3) is 0 Å². The first-order valence-electron chi connectivity index (χ1n) is 6.34. The monoisotopic (exact) mass is 262 g/mol. The summed E-state index contributed by atoms with van der Waals surface area (Å²) in [7, 11) is 0. The molecule has 0 aliphatic rings. The van der Waals surface area contributed by atoms with E-state index in [4.69, 9.17) is 9.84 Å². The van der Waals surface area contributed by atoms with Crippen molar-refractivity contribution in [1.29, 1.82) is 0 Å². The average molecular weight is 262 g/mol. The highest BCUT2D eigenvalue weighted by atomic mass is 16.5. The summed E-state index contributed by atoms with van der Waals surface area (Å²) in [6.45, 7) is 10.4. The second kappa shape index (κ2) is 5.91. The Labute approximate surface area is 114 Å². The summed E-state index contributed by atoms with van der Waals surface area (Å²) in [6, 6.07) is 6.13. The first kappa shape index (κ1) is 15.3. The Morgan fingerprint density at radius 1 is 1.37 bits per heavy atom. The van der Waals surface area contributed by atoms with Crippen molar-refractivity contribution in [3.05, 3.63) is 41.0 Å². The zero-order valence-corrected chi connectivity index (χ0v) is 12.3. The van der Waals surface area contributed by atoms with Gasteiger partial charge < -0.3 is 9.84 Å². The number of ether oxygens (including phenoxy) is 1. The van der Waals surface area contributed by atoms with E-state index in [9.17, 15) is 4.79 Å². The maximum atomic E-state index is 10.6. The van der Waals surface area contributed by atoms with Crippen molar-refractivity contribution in [2.45, 2.75) is 40.0 Å². The second-order valence-electron chi connectivity index (χ2n) is 5.87. The van der Waals surface area contributed by atoms with Crippen LogP contribution in [0.5, 0.6) is 5.75 Å². The number of hydrogen-bond acceptors (Lipinski definition) is 2. The lowest BCUT2D eigenvalue weighted by atomic mass is 9.86. The number of hydrogen-bond donors (Lipinski definition) is 1. The standard InChI is InChI=1S/C16H22O3/c1-11-6-7-13(16(3,4)5)14(8-11)19-10-12(2)9-15(17)18/h6-9H,10H2,1-5H3,(H,17,18). The van der Waals surface area contributed by atoms with E-state index in [2.05, 4.69) is 32.9 Å². The first-order valence-corrected chi connectivity index (χ1v) is 6.34. The topological polar surface area (TPSA) is 46.5 Å². The number of carboxylic acids is 1. The number of aryl methyl sites for hydroxylation is 1. The molecule has 0 amide bonds. The summed E-state index contributed by atoms with van der Waals surface area (Å²) >= 11 is 0. The molecular weight excluding hydrogens is 240 g/mol. The highest BCUT2D eigenvalue weighted by molar-refractivity contribution is 5.80. The van der Waals surface area contributed by atoms with Gasteiger partial charge in [0.25, 0.3) is 0 Å². The van der Waals surface area contributed by atoms with E-state index in [1.54, 1.807) is 6.92 Å². The van der Waals surface area contributed by atoms with Gasteiger partial charge in [0.1, 0.15) is 12.4 Å². The van der Waals surface area contributed by atoms with Gasteiger partial charge in [-0.3, -0.25) is 0 Å². The molecule has 0 atom stereocenters. The first-order chi connectivity index (χ1) is 8.70. The number of carbonyl (C=O) groups is 1. The molecule has 1 aromatic carbocycles. The minimum absolute atomic E-state index is 0.00650. The minimum atomic E-state index is -0.943. The van der Waals surface area contributed by atoms with Gasteiger partial charge in [0.15, 0.2) is 0 Å². The Morgan fingerprint density at radius 2 is 2.00 bits per heavy atom. The van der Waals surface area contributed by atoms with Gasteiger partial charge in [-0.15, -0.1) is 0 Å². The fraction of sp³-hybridized carbons (Fsp3) is 0.438. The molecule has 3 nitrogen and oxygen atoms in total. The van der Waals surface area contributed by atoms with Crippen molar-refractivity contribution in [2.75, 3.05) is 6.61 Å². The third-order valence-electron chi connectivity index (χ3n) is 2.77. The van der Waals surface area contributed by atoms with Crippen molar-refractivity contribution in [3.8, 4) is 5.75 Å². The van der Waals surface area contributed by atoms with Crippen molar-refractivity contribution in [1.82, 2.24) is 0 Å². The number of benzene rings is 1. The Bertz CT molecular complexity index is 493. The van der Waals surface area contributed by atoms with Crippen LogP contribution in [0.4, 0.5) is 0 Å². The lowest BCUT2D eigenvalue weighted by molar-refractivity contribution is -0.131. The van der Waals surface area contributed by atoms with E-state index in [1.807, 2.05) is 13.0 Å². The Hall–Kier alpha value is -1.77. The predicted octanol–water partition coefficient (Wildman–Crippen LogP) is 3.70. The molecule has 19 heavy (non-hydrogen) atoms. The van der Waals surface area contributed by atoms with Crippen molar-refractivity contribution in [2.24, 2.45) is 0 Å². The molecule has 0 fully saturated rings. The lowest BCUT2D eigenvalue weighted by Crippen LogP contribution is -2.14. The fourth-order valence-corrected chi connectivity index (χ4v) is 1.81. The fourth-order valence-electron chi connectivity index (χ4n) is 1.81. The minimum Gasteiger partial charge on any atom is -0.489 e. The van der Waals surface area contributed by atoms with Crippen LogP contribution < -0.4 is 4.74 Å². The van der Waals surface area contributed by atoms with Crippen LogP contribution in [0.2, 0.25) is 0 Å². The Kier molecular flexibility index (Phi) is 4.76. The quantitative estimate of drug-likeness (QED) is 0.841. The summed E-state index contributed by atoms with van der Waals surface area (Å²) in [5.41, 5.74) is 2.94. The highest BCUT2D eigenvalue weighted by Crippen LogP contribution is 2.32. The Balaban J connectivity index is 2.94. The van der Waals surface area contributed by atoms with Gasteiger partial charge in [-0.1, -0.05) is 32.9 Å². The van der Waals surface area contributed by atoms with E-state index in [-0.39, 0.29) is 5.41 Å². The van der Waals surface area contributed by atoms with Crippen LogP contribution in [-0.2, 0) is 10.2 Å². The molecular formula is C16H22O3. The van der Waals surface area contributed by atoms with Crippen LogP contribution in [0.15, 0.2) is 29.8 Å². The van der Waals surface area contributed by atoms with Crippen LogP contribution in [0.1, 0.15) is 38.8 Å². The van der Waals surface area contributed by atoms with Gasteiger partial charge in [-0.05, 0) is 42.0 Å². The number of aliphatic carboxylic acids is 1. The van der Waals surface area contributed by atoms with Crippen molar-refractivity contribution < 1.29 is 14.6 Å². The molecule has 0 aromatic heterocycles. The number of rotatable bonds is 4. The summed E-state index contributed by atoms with van der Waals surface area (Å²) in [4.78, 5) is 10.6. The molecule has 0 saturated heterocycles. The normalized spacial score (nSPS) is 12.4. The van der Waals surface area contributed by atoms with E-state index < -0.39 is 5.97 Å². The zero-order valence-electron chi connectivity index (χ0n) is 12.3. The van der Waals surface area contributed by atoms with E-state index in [1.165, 1.54) is 6.08 Å². The van der Waals surface area contributed by atoms with Crippen LogP contribution in [-0.4, -0.2) is 17.7 Å². The molecule has 0 radical (unpaired) electrons. The van der Waals surface area contributed by atoms with Gasteiger partial charge in [0.05, 0.1) is 0 Å². The van der Waals surface area contributed by atoms with Crippen LogP contribution in [0.3, 0.4) is 0 Å². The molecule has 0 unspecified atom stereocenters. The third-order valence-corrected chi connectivity index (χ3v) is 2.77. The molecule has 3 heteroatoms. The molecule has 0 bridgehead atoms. The van der Waals surface area contributed by atoms with Crippen LogP contribution in [0, 0.1) is 6.92 Å². The lowest BCUT2D eigenvalue weighted by Gasteiger charge is -2.23. The van der Waals surface area contributed by atoms with Gasteiger partial charge >= 0.3 is 5.97 Å². The number of carboxylic acid groups (broad SMARTS) is 1. The molecule has 0 aliphatic carbocycles. The molecule has 1 N–H and O–H groups in total. The molecule has 0 heterocycles. The zero-order chi connectivity index (χ0) is 14.6. The summed E-state index contributed by atoms with van der Waals surface area (Å²) in [6.07, 6.45) is 1.17. The maximum absolute atomic E-state index is 10.6. The molecule has 0 saturated carbocycles. The Morgan fingerprint density at radius 3 is 2.53 bits per heavy atom. The summed E-state index contributed by atoms with van der Waals surface area (Å²) in [5.74, 6) is -0.118. The smallest absolute Gasteiger partial charge is 0.328 e. The summed E-state index contributed by atoms with van der Waals surface area (Å²) < 4.78 is 5.78. The molecule has 1 rings (SSSR count). The van der Waals surface area contributed by atoms with E-state index in [0.29, 0.717) is 12.2 Å². The highest BCUT2D eigenvalue weighted by Gasteiger charge is 2.18. The second-order valence-corrected chi connectivity index (χ2v) is 5.87. The van der Waals surface area contributed by atoms with E-state index in [0.717, 1.165) is 16.9 Å². The van der Waals surface area contributed by atoms with Gasteiger partial charge in [0.2, 0.25) is 0 Å². The largest absolute Gasteiger partial charge is 0.489 e. The molecule has 0 aliphatic heterocycles. The third kappa shape index (κ3) is 4.78. The predicted molar refractivity (Wildman–Crippen MR) is 76.8 cm³/mol. The van der Waals surface area contributed by atoms with Crippen LogP contribution >= 0.6 is 0 Å². The summed E-state index contributed by atoms with van der Waals surface area (Å²) in [5, 5.41) is 8.68. The van der Waals surface area contributed by atoms with Crippen molar-refractivity contribution >= 4 is 5.97 Å². The van der Waals surface area contributed by atoms with Crippen molar-refractivity contribution in [3.63, 3.8) is 0 Å². The van der Waals surface area contributed by atoms with Gasteiger partial charge in [-0.25, -0.2) is 4.79 Å². The van der Waals surface area contributed by atoms with Gasteiger partial charge in [0, 0.05) is 6.08 Å². The van der Waals surface area contributed by atoms with Gasteiger partial charge in [-0.2, -0.15) is 0 Å². The SMILES string of the molecule is CC(=CC(=O)O)COc1cc(C)ccc1C(C)(C)C. The molecule has 104 valence electrons. The maximum Gasteiger partial charge on any atom is 0.328 e. The molecule has 0 spiro atoms. The average Bonchev–Trinajstić information content (AvgIpc) is 2.23. The molecule has 1 aromatic rings.